The molecule has 1 aliphatic rings. The normalized spacial score (nSPS) is 17.6. The maximum atomic E-state index is 13.1. The average Bonchev–Trinajstić information content (AvgIpc) is 2.92. The van der Waals surface area contributed by atoms with Crippen molar-refractivity contribution < 1.29 is 32.5 Å². The number of benzene rings is 2. The number of methoxy groups -OCH3 is 1. The molecular weight excluding hydrogens is 484 g/mol. The van der Waals surface area contributed by atoms with Crippen LogP contribution in [0.25, 0.3) is 0 Å². The number of sulfonamides is 1. The minimum atomic E-state index is -3.87. The number of nitrogens with zero attached hydrogens (tertiary/aromatic N) is 1. The second kappa shape index (κ2) is 12.6. The van der Waals surface area contributed by atoms with Crippen molar-refractivity contribution in [1.82, 2.24) is 9.62 Å². The highest BCUT2D eigenvalue weighted by molar-refractivity contribution is 7.89. The van der Waals surface area contributed by atoms with E-state index >= 15 is 0 Å². The Labute approximate surface area is 211 Å². The highest BCUT2D eigenvalue weighted by atomic mass is 32.2. The maximum absolute atomic E-state index is 13.1. The Balaban J connectivity index is 1.70. The lowest BCUT2D eigenvalue weighted by Crippen LogP contribution is -2.38. The van der Waals surface area contributed by atoms with Crippen LogP contribution in [-0.4, -0.2) is 70.5 Å². The quantitative estimate of drug-likeness (QED) is 0.440. The van der Waals surface area contributed by atoms with Crippen LogP contribution in [0.2, 0.25) is 0 Å². The molecule has 0 spiro atoms. The number of nitrogens with one attached hydrogen (secondary N) is 1. The second-order valence-electron chi connectivity index (χ2n) is 7.94. The molecular formula is C26H30N2O7S. The van der Waals surface area contributed by atoms with E-state index in [2.05, 4.69) is 11.2 Å². The number of carbonyl (C=O) groups excluding carboxylic acids is 1. The number of allylic oxidation sites excluding steroid dienone is 1. The molecule has 1 amide bonds. The van der Waals surface area contributed by atoms with Crippen LogP contribution in [0, 0.1) is 12.3 Å². The molecule has 0 bridgehead atoms. The predicted octanol–water partition coefficient (Wildman–Crippen LogP) is 1.84. The SMILES string of the molecule is C#Cc1ccc([C@H]2C=C(C(=O)NC)O[C@@H](OCCN(CCO)S(=O)(=O)c3ccc(OC)cc3)C2)cc1. The zero-order valence-electron chi connectivity index (χ0n) is 20.2. The zero-order valence-corrected chi connectivity index (χ0v) is 21.0. The standard InChI is InChI=1S/C26H30N2O7S/c1-4-19-5-7-20(8-6-19)21-17-24(26(30)27-2)35-25(18-21)34-16-14-28(13-15-29)36(31,32)23-11-9-22(33-3)10-12-23/h1,5-12,17,21,25,29H,13-16,18H2,2-3H3,(H,27,30)/t21-,25+/m0/s1. The van der Waals surface area contributed by atoms with Crippen LogP contribution in [-0.2, 0) is 24.3 Å². The summed E-state index contributed by atoms with van der Waals surface area (Å²) < 4.78 is 44.0. The summed E-state index contributed by atoms with van der Waals surface area (Å²) in [5.41, 5.74) is 1.69. The van der Waals surface area contributed by atoms with E-state index < -0.39 is 22.2 Å². The van der Waals surface area contributed by atoms with Gasteiger partial charge in [-0.2, -0.15) is 4.31 Å². The van der Waals surface area contributed by atoms with Gasteiger partial charge in [-0.1, -0.05) is 18.1 Å². The lowest BCUT2D eigenvalue weighted by molar-refractivity contribution is -0.146. The highest BCUT2D eigenvalue weighted by Gasteiger charge is 2.29. The number of terminal acetylenes is 1. The fraction of sp³-hybridized carbons (Fsp3) is 0.346. The maximum Gasteiger partial charge on any atom is 0.285 e. The van der Waals surface area contributed by atoms with Gasteiger partial charge in [0.25, 0.3) is 5.91 Å². The summed E-state index contributed by atoms with van der Waals surface area (Å²) in [4.78, 5) is 12.4. The number of hydrogen-bond acceptors (Lipinski definition) is 7. The van der Waals surface area contributed by atoms with E-state index in [1.807, 2.05) is 24.3 Å². The van der Waals surface area contributed by atoms with Crippen LogP contribution < -0.4 is 10.1 Å². The van der Waals surface area contributed by atoms with E-state index in [-0.39, 0.29) is 42.9 Å². The molecule has 36 heavy (non-hydrogen) atoms. The molecule has 0 saturated heterocycles. The van der Waals surface area contributed by atoms with E-state index in [1.54, 1.807) is 18.2 Å². The van der Waals surface area contributed by atoms with Crippen molar-refractivity contribution in [2.45, 2.75) is 23.5 Å². The Morgan fingerprint density at radius 3 is 2.47 bits per heavy atom. The molecule has 192 valence electrons. The number of likely N-dealkylation sites (N-methyl/N-ethyl adjacent to an activating group) is 1. The van der Waals surface area contributed by atoms with Crippen LogP contribution in [0.4, 0.5) is 0 Å². The van der Waals surface area contributed by atoms with Crippen LogP contribution >= 0.6 is 0 Å². The number of hydrogen-bond donors (Lipinski definition) is 2. The molecule has 0 saturated carbocycles. The minimum absolute atomic E-state index is 0.0101. The molecule has 0 aromatic heterocycles. The summed E-state index contributed by atoms with van der Waals surface area (Å²) in [6, 6.07) is 13.4. The lowest BCUT2D eigenvalue weighted by Gasteiger charge is -2.30. The molecule has 1 heterocycles. The fourth-order valence-corrected chi connectivity index (χ4v) is 5.16. The minimum Gasteiger partial charge on any atom is -0.497 e. The van der Waals surface area contributed by atoms with Crippen molar-refractivity contribution >= 4 is 15.9 Å². The predicted molar refractivity (Wildman–Crippen MR) is 134 cm³/mol. The summed E-state index contributed by atoms with van der Waals surface area (Å²) in [7, 11) is -0.876. The van der Waals surface area contributed by atoms with E-state index in [0.29, 0.717) is 12.2 Å². The van der Waals surface area contributed by atoms with Crippen LogP contribution in [0.5, 0.6) is 5.75 Å². The number of rotatable bonds is 11. The monoisotopic (exact) mass is 514 g/mol. The summed E-state index contributed by atoms with van der Waals surface area (Å²) in [6.45, 7) is -0.482. The summed E-state index contributed by atoms with van der Waals surface area (Å²) >= 11 is 0. The van der Waals surface area contributed by atoms with E-state index in [4.69, 9.17) is 20.6 Å². The van der Waals surface area contributed by atoms with E-state index in [1.165, 1.54) is 26.3 Å². The van der Waals surface area contributed by atoms with Crippen molar-refractivity contribution in [3.05, 3.63) is 71.5 Å². The molecule has 0 radical (unpaired) electrons. The largest absolute Gasteiger partial charge is 0.497 e. The molecule has 0 fully saturated rings. The first kappa shape index (κ1) is 27.2. The van der Waals surface area contributed by atoms with Gasteiger partial charge < -0.3 is 24.6 Å². The molecule has 3 rings (SSSR count). The van der Waals surface area contributed by atoms with Crippen molar-refractivity contribution in [1.29, 1.82) is 0 Å². The Morgan fingerprint density at radius 2 is 1.89 bits per heavy atom. The first-order valence-electron chi connectivity index (χ1n) is 11.4. The van der Waals surface area contributed by atoms with E-state index in [9.17, 15) is 18.3 Å². The average molecular weight is 515 g/mol. The van der Waals surface area contributed by atoms with Gasteiger partial charge in [0.15, 0.2) is 5.76 Å². The summed E-state index contributed by atoms with van der Waals surface area (Å²) in [5.74, 6) is 2.67. The van der Waals surface area contributed by atoms with Crippen molar-refractivity contribution in [3.63, 3.8) is 0 Å². The van der Waals surface area contributed by atoms with Gasteiger partial charge in [-0.25, -0.2) is 8.42 Å². The number of aliphatic hydroxyl groups is 1. The van der Waals surface area contributed by atoms with Crippen LogP contribution in [0.3, 0.4) is 0 Å². The van der Waals surface area contributed by atoms with Gasteiger partial charge >= 0.3 is 0 Å². The Kier molecular flexibility index (Phi) is 9.50. The van der Waals surface area contributed by atoms with Gasteiger partial charge in [-0.15, -0.1) is 6.42 Å². The van der Waals surface area contributed by atoms with E-state index in [0.717, 1.165) is 15.4 Å². The lowest BCUT2D eigenvalue weighted by atomic mass is 9.92. The molecule has 0 aliphatic carbocycles. The second-order valence-corrected chi connectivity index (χ2v) is 9.88. The first-order chi connectivity index (χ1) is 17.3. The molecule has 9 nitrogen and oxygen atoms in total. The molecule has 2 N–H and O–H groups in total. The molecule has 0 unspecified atom stereocenters. The molecule has 2 aromatic rings. The van der Waals surface area contributed by atoms with Crippen molar-refractivity contribution in [2.24, 2.45) is 0 Å². The number of aliphatic hydroxyl groups excluding tert-OH is 1. The number of amides is 1. The highest BCUT2D eigenvalue weighted by Crippen LogP contribution is 2.31. The number of ether oxygens (including phenoxy) is 3. The smallest absolute Gasteiger partial charge is 0.285 e. The van der Waals surface area contributed by atoms with Gasteiger partial charge in [-0.3, -0.25) is 4.79 Å². The van der Waals surface area contributed by atoms with Gasteiger partial charge in [-0.05, 0) is 48.0 Å². The molecule has 2 aromatic carbocycles. The van der Waals surface area contributed by atoms with Crippen LogP contribution in [0.1, 0.15) is 23.5 Å². The third-order valence-electron chi connectivity index (χ3n) is 5.70. The third-order valence-corrected chi connectivity index (χ3v) is 7.62. The van der Waals surface area contributed by atoms with Gasteiger partial charge in [0, 0.05) is 38.0 Å². The molecule has 2 atom stereocenters. The third kappa shape index (κ3) is 6.65. The van der Waals surface area contributed by atoms with Crippen molar-refractivity contribution in [2.75, 3.05) is 40.5 Å². The van der Waals surface area contributed by atoms with Crippen LogP contribution in [0.15, 0.2) is 65.3 Å². The Hall–Kier alpha value is -3.36. The fourth-order valence-electron chi connectivity index (χ4n) is 3.75. The summed E-state index contributed by atoms with van der Waals surface area (Å²) in [6.07, 6.45) is 6.81. The zero-order chi connectivity index (χ0) is 26.1. The number of carbonyl (C=O) groups is 1. The summed E-state index contributed by atoms with van der Waals surface area (Å²) in [5, 5.41) is 12.0. The molecule has 1 aliphatic heterocycles. The Bertz CT molecular complexity index is 1200. The topological polar surface area (TPSA) is 114 Å². The Morgan fingerprint density at radius 1 is 1.19 bits per heavy atom. The van der Waals surface area contributed by atoms with Crippen molar-refractivity contribution in [3.8, 4) is 18.1 Å². The molecule has 10 heteroatoms. The van der Waals surface area contributed by atoms with Gasteiger partial charge in [0.05, 0.1) is 25.2 Å². The first-order valence-corrected chi connectivity index (χ1v) is 12.8. The van der Waals surface area contributed by atoms with Gasteiger partial charge in [0.2, 0.25) is 16.3 Å². The van der Waals surface area contributed by atoms with Gasteiger partial charge in [0.1, 0.15) is 5.75 Å².